The summed E-state index contributed by atoms with van der Waals surface area (Å²) < 4.78 is 8.16. The van der Waals surface area contributed by atoms with Crippen LogP contribution in [-0.4, -0.2) is 38.5 Å². The second kappa shape index (κ2) is 8.51. The minimum Gasteiger partial charge on any atom is -0.377 e. The lowest BCUT2D eigenvalue weighted by Gasteiger charge is -2.09. The van der Waals surface area contributed by atoms with Crippen LogP contribution in [0.15, 0.2) is 59.8 Å². The van der Waals surface area contributed by atoms with E-state index in [1.807, 2.05) is 59.2 Å². The maximum absolute atomic E-state index is 12.4. The number of thiazole rings is 1. The number of anilines is 1. The summed E-state index contributed by atoms with van der Waals surface area (Å²) in [6, 6.07) is 17.6. The number of carbonyl (C=O) groups excluding carboxylic acids is 1. The van der Waals surface area contributed by atoms with Crippen molar-refractivity contribution >= 4 is 44.4 Å². The summed E-state index contributed by atoms with van der Waals surface area (Å²) in [5, 5.41) is 12.5. The van der Waals surface area contributed by atoms with Gasteiger partial charge < -0.3 is 10.1 Å². The number of carbonyl (C=O) groups is 1. The molecule has 28 heavy (non-hydrogen) atoms. The predicted octanol–water partition coefficient (Wildman–Crippen LogP) is 3.75. The van der Waals surface area contributed by atoms with Gasteiger partial charge in [-0.2, -0.15) is 0 Å². The first kappa shape index (κ1) is 18.6. The van der Waals surface area contributed by atoms with E-state index in [-0.39, 0.29) is 11.7 Å². The van der Waals surface area contributed by atoms with Gasteiger partial charge >= 0.3 is 0 Å². The molecule has 0 aliphatic rings. The number of hydrogen-bond donors (Lipinski definition) is 1. The van der Waals surface area contributed by atoms with Gasteiger partial charge in [-0.05, 0) is 24.3 Å². The number of rotatable bonds is 7. The molecule has 0 saturated carbocycles. The van der Waals surface area contributed by atoms with Crippen molar-refractivity contribution in [1.82, 2.24) is 19.7 Å². The zero-order valence-electron chi connectivity index (χ0n) is 15.0. The highest BCUT2D eigenvalue weighted by Crippen LogP contribution is 2.26. The second-order valence-corrected chi connectivity index (χ2v) is 7.80. The van der Waals surface area contributed by atoms with Gasteiger partial charge in [-0.1, -0.05) is 53.4 Å². The minimum absolute atomic E-state index is 0.139. The van der Waals surface area contributed by atoms with E-state index >= 15 is 0 Å². The average molecular weight is 412 g/mol. The number of para-hydroxylation sites is 2. The molecular weight excluding hydrogens is 394 g/mol. The summed E-state index contributed by atoms with van der Waals surface area (Å²) in [6.45, 7) is 0.334. The minimum atomic E-state index is -0.139. The molecule has 2 aromatic carbocycles. The summed E-state index contributed by atoms with van der Waals surface area (Å²) in [5.74, 6) is 0.746. The highest BCUT2D eigenvalue weighted by atomic mass is 32.2. The lowest BCUT2D eigenvalue weighted by atomic mass is 10.3. The van der Waals surface area contributed by atoms with E-state index in [4.69, 9.17) is 4.74 Å². The van der Waals surface area contributed by atoms with Gasteiger partial charge in [-0.15, -0.1) is 10.2 Å². The highest BCUT2D eigenvalue weighted by Gasteiger charge is 2.16. The van der Waals surface area contributed by atoms with E-state index < -0.39 is 0 Å². The summed E-state index contributed by atoms with van der Waals surface area (Å²) in [7, 11) is 1.61. The Kier molecular flexibility index (Phi) is 5.65. The van der Waals surface area contributed by atoms with Gasteiger partial charge in [0.1, 0.15) is 6.61 Å². The number of hydrogen-bond acceptors (Lipinski definition) is 7. The molecular formula is C19H17N5O2S2. The van der Waals surface area contributed by atoms with E-state index in [1.165, 1.54) is 23.1 Å². The number of fused-ring (bicyclic) bond motifs is 1. The van der Waals surface area contributed by atoms with Crippen molar-refractivity contribution in [3.05, 3.63) is 60.4 Å². The SMILES string of the molecule is COCc1nnc(SCC(=O)Nc2nc3ccccc3s2)n1-c1ccccc1. The molecule has 0 bridgehead atoms. The van der Waals surface area contributed by atoms with Crippen LogP contribution in [0, 0.1) is 0 Å². The number of benzene rings is 2. The van der Waals surface area contributed by atoms with Crippen LogP contribution in [0.3, 0.4) is 0 Å². The summed E-state index contributed by atoms with van der Waals surface area (Å²) in [4.78, 5) is 16.8. The van der Waals surface area contributed by atoms with Gasteiger partial charge in [-0.25, -0.2) is 4.98 Å². The fourth-order valence-electron chi connectivity index (χ4n) is 2.66. The van der Waals surface area contributed by atoms with Gasteiger partial charge in [0.15, 0.2) is 16.1 Å². The van der Waals surface area contributed by atoms with E-state index in [9.17, 15) is 4.79 Å². The maximum atomic E-state index is 12.4. The molecule has 0 spiro atoms. The molecule has 0 atom stereocenters. The Labute approximate surface area is 169 Å². The molecule has 1 N–H and O–H groups in total. The Balaban J connectivity index is 1.47. The lowest BCUT2D eigenvalue weighted by molar-refractivity contribution is -0.113. The highest BCUT2D eigenvalue weighted by molar-refractivity contribution is 7.99. The van der Waals surface area contributed by atoms with Crippen molar-refractivity contribution in [2.45, 2.75) is 11.8 Å². The third-order valence-corrected chi connectivity index (χ3v) is 5.74. The molecule has 0 radical (unpaired) electrons. The third kappa shape index (κ3) is 4.06. The average Bonchev–Trinajstić information content (AvgIpc) is 3.30. The van der Waals surface area contributed by atoms with E-state index in [1.54, 1.807) is 7.11 Å². The standard InChI is InChI=1S/C19H17N5O2S2/c1-26-11-16-22-23-19(24(16)13-7-3-2-4-8-13)27-12-17(25)21-18-20-14-9-5-6-10-15(14)28-18/h2-10H,11-12H2,1H3,(H,20,21,25). The van der Waals surface area contributed by atoms with Crippen LogP contribution in [-0.2, 0) is 16.1 Å². The van der Waals surface area contributed by atoms with E-state index in [2.05, 4.69) is 20.5 Å². The molecule has 2 heterocycles. The van der Waals surface area contributed by atoms with Crippen LogP contribution in [0.5, 0.6) is 0 Å². The maximum Gasteiger partial charge on any atom is 0.236 e. The van der Waals surface area contributed by atoms with Crippen molar-refractivity contribution in [3.8, 4) is 5.69 Å². The number of amides is 1. The van der Waals surface area contributed by atoms with Gasteiger partial charge in [-0.3, -0.25) is 9.36 Å². The first-order valence-corrected chi connectivity index (χ1v) is 10.3. The zero-order chi connectivity index (χ0) is 19.3. The molecule has 0 aliphatic carbocycles. The molecule has 0 aliphatic heterocycles. The molecule has 4 rings (SSSR count). The molecule has 1 amide bonds. The van der Waals surface area contributed by atoms with Gasteiger partial charge in [0.05, 0.1) is 16.0 Å². The van der Waals surface area contributed by atoms with Crippen LogP contribution in [0.2, 0.25) is 0 Å². The third-order valence-electron chi connectivity index (χ3n) is 3.86. The van der Waals surface area contributed by atoms with Gasteiger partial charge in [0, 0.05) is 12.8 Å². The first-order chi connectivity index (χ1) is 13.7. The van der Waals surface area contributed by atoms with Gasteiger partial charge in [0.2, 0.25) is 5.91 Å². The lowest BCUT2D eigenvalue weighted by Crippen LogP contribution is -2.14. The Morgan fingerprint density at radius 1 is 1.14 bits per heavy atom. The van der Waals surface area contributed by atoms with Crippen molar-refractivity contribution in [3.63, 3.8) is 0 Å². The Hall–Kier alpha value is -2.75. The quantitative estimate of drug-likeness (QED) is 0.467. The molecule has 0 fully saturated rings. The number of nitrogens with one attached hydrogen (secondary N) is 1. The van der Waals surface area contributed by atoms with Crippen molar-refractivity contribution in [1.29, 1.82) is 0 Å². The topological polar surface area (TPSA) is 81.9 Å². The Morgan fingerprint density at radius 2 is 1.93 bits per heavy atom. The molecule has 142 valence electrons. The van der Waals surface area contributed by atoms with E-state index in [0.29, 0.717) is 22.7 Å². The second-order valence-electron chi connectivity index (χ2n) is 5.83. The predicted molar refractivity (Wildman–Crippen MR) is 111 cm³/mol. The van der Waals surface area contributed by atoms with Crippen LogP contribution < -0.4 is 5.32 Å². The molecule has 9 heteroatoms. The van der Waals surface area contributed by atoms with Crippen LogP contribution >= 0.6 is 23.1 Å². The number of nitrogens with zero attached hydrogens (tertiary/aromatic N) is 4. The van der Waals surface area contributed by atoms with Crippen LogP contribution in [0.25, 0.3) is 15.9 Å². The first-order valence-electron chi connectivity index (χ1n) is 8.51. The summed E-state index contributed by atoms with van der Waals surface area (Å²) in [5.41, 5.74) is 1.80. The van der Waals surface area contributed by atoms with Crippen molar-refractivity contribution in [2.24, 2.45) is 0 Å². The summed E-state index contributed by atoms with van der Waals surface area (Å²) in [6.07, 6.45) is 0. The fourth-order valence-corrected chi connectivity index (χ4v) is 4.32. The Morgan fingerprint density at radius 3 is 2.71 bits per heavy atom. The molecule has 7 nitrogen and oxygen atoms in total. The summed E-state index contributed by atoms with van der Waals surface area (Å²) >= 11 is 2.78. The normalized spacial score (nSPS) is 11.0. The molecule has 0 saturated heterocycles. The van der Waals surface area contributed by atoms with Crippen molar-refractivity contribution in [2.75, 3.05) is 18.2 Å². The van der Waals surface area contributed by atoms with Crippen molar-refractivity contribution < 1.29 is 9.53 Å². The van der Waals surface area contributed by atoms with Crippen LogP contribution in [0.1, 0.15) is 5.82 Å². The monoisotopic (exact) mass is 411 g/mol. The molecule has 2 aromatic heterocycles. The van der Waals surface area contributed by atoms with E-state index in [0.717, 1.165) is 15.9 Å². The number of methoxy groups -OCH3 is 1. The smallest absolute Gasteiger partial charge is 0.236 e. The zero-order valence-corrected chi connectivity index (χ0v) is 16.7. The Bertz CT molecular complexity index is 1060. The molecule has 0 unspecified atom stereocenters. The largest absolute Gasteiger partial charge is 0.377 e. The number of ether oxygens (including phenoxy) is 1. The van der Waals surface area contributed by atoms with Gasteiger partial charge in [0.25, 0.3) is 0 Å². The van der Waals surface area contributed by atoms with Crippen LogP contribution in [0.4, 0.5) is 5.13 Å². The number of aromatic nitrogens is 4. The fraction of sp³-hybridized carbons (Fsp3) is 0.158. The molecule has 4 aromatic rings. The number of thioether (sulfide) groups is 1.